The van der Waals surface area contributed by atoms with Crippen molar-refractivity contribution in [3.05, 3.63) is 0 Å². The van der Waals surface area contributed by atoms with E-state index in [9.17, 15) is 0 Å². The molecule has 8 heavy (non-hydrogen) atoms. The Balaban J connectivity index is 3.07. The molecule has 0 aliphatic carbocycles. The lowest BCUT2D eigenvalue weighted by molar-refractivity contribution is 0.497. The highest BCUT2D eigenvalue weighted by molar-refractivity contribution is 14.1. The number of hydrogen-bond donors (Lipinski definition) is 1. The fourth-order valence-electron chi connectivity index (χ4n) is 0.686. The second-order valence-electron chi connectivity index (χ2n) is 2.02. The first-order chi connectivity index (χ1) is 3.85. The Morgan fingerprint density at radius 1 is 1.38 bits per heavy atom. The minimum Gasteiger partial charge on any atom is -0.261 e. The summed E-state index contributed by atoms with van der Waals surface area (Å²) in [5.41, 5.74) is 0. The number of hydrogen-bond acceptors (Lipinski definition) is 1. The number of rotatable bonds is 4. The van der Waals surface area contributed by atoms with Crippen LogP contribution in [0.5, 0.6) is 0 Å². The molecule has 0 atom stereocenters. The van der Waals surface area contributed by atoms with Crippen molar-refractivity contribution in [2.45, 2.75) is 26.7 Å². The van der Waals surface area contributed by atoms with Gasteiger partial charge >= 0.3 is 0 Å². The van der Waals surface area contributed by atoms with Gasteiger partial charge in [-0.1, -0.05) is 26.7 Å². The van der Waals surface area contributed by atoms with Crippen LogP contribution in [0.4, 0.5) is 0 Å². The fraction of sp³-hybridized carbons (Fsp3) is 1.00. The van der Waals surface area contributed by atoms with E-state index in [1.165, 1.54) is 12.8 Å². The van der Waals surface area contributed by atoms with Gasteiger partial charge in [-0.2, -0.15) is 0 Å². The molecule has 1 N–H and O–H groups in total. The van der Waals surface area contributed by atoms with Gasteiger partial charge in [-0.3, -0.25) is 3.53 Å². The van der Waals surface area contributed by atoms with Crippen LogP contribution in [0.3, 0.4) is 0 Å². The van der Waals surface area contributed by atoms with Gasteiger partial charge in [0.2, 0.25) is 0 Å². The Morgan fingerprint density at radius 2 is 1.88 bits per heavy atom. The van der Waals surface area contributed by atoms with Crippen molar-refractivity contribution < 1.29 is 0 Å². The molecule has 0 saturated carbocycles. The van der Waals surface area contributed by atoms with Crippen LogP contribution in [0.25, 0.3) is 0 Å². The Kier molecular flexibility index (Phi) is 6.32. The lowest BCUT2D eigenvalue weighted by atomic mass is 10.0. The van der Waals surface area contributed by atoms with E-state index in [1.54, 1.807) is 0 Å². The van der Waals surface area contributed by atoms with Gasteiger partial charge in [-0.25, -0.2) is 0 Å². The topological polar surface area (TPSA) is 12.0 Å². The molecule has 0 heterocycles. The largest absolute Gasteiger partial charge is 0.261 e. The minimum atomic E-state index is 0.881. The molecule has 0 bridgehead atoms. The predicted octanol–water partition coefficient (Wildman–Crippen LogP) is 2.36. The van der Waals surface area contributed by atoms with E-state index in [0.29, 0.717) is 0 Å². The Bertz CT molecular complexity index is 43.8. The van der Waals surface area contributed by atoms with Crippen LogP contribution in [0.1, 0.15) is 26.7 Å². The first-order valence-corrected chi connectivity index (χ1v) is 4.26. The summed E-state index contributed by atoms with van der Waals surface area (Å²) in [6.45, 7) is 5.64. The SMILES string of the molecule is CCC(CC)CNI. The molecule has 0 radical (unpaired) electrons. The van der Waals surface area contributed by atoms with E-state index < -0.39 is 0 Å². The summed E-state index contributed by atoms with van der Waals surface area (Å²) in [5.74, 6) is 0.881. The van der Waals surface area contributed by atoms with Crippen LogP contribution in [0.2, 0.25) is 0 Å². The zero-order valence-electron chi connectivity index (χ0n) is 5.58. The fourth-order valence-corrected chi connectivity index (χ4v) is 1.31. The van der Waals surface area contributed by atoms with Crippen molar-refractivity contribution in [3.8, 4) is 0 Å². The highest BCUT2D eigenvalue weighted by Crippen LogP contribution is 2.05. The zero-order chi connectivity index (χ0) is 6.41. The summed E-state index contributed by atoms with van der Waals surface area (Å²) in [6.07, 6.45) is 2.60. The molecule has 2 heteroatoms. The van der Waals surface area contributed by atoms with Gasteiger partial charge in [-0.15, -0.1) is 0 Å². The second-order valence-corrected chi connectivity index (χ2v) is 2.78. The van der Waals surface area contributed by atoms with Gasteiger partial charge in [-0.05, 0) is 5.92 Å². The third-order valence-corrected chi connectivity index (χ3v) is 1.96. The van der Waals surface area contributed by atoms with E-state index in [1.807, 2.05) is 0 Å². The van der Waals surface area contributed by atoms with E-state index >= 15 is 0 Å². The van der Waals surface area contributed by atoms with Gasteiger partial charge in [0.05, 0.1) is 0 Å². The van der Waals surface area contributed by atoms with Gasteiger partial charge in [0.25, 0.3) is 0 Å². The molecule has 0 unspecified atom stereocenters. The molecule has 0 aromatic heterocycles. The molecule has 0 saturated heterocycles. The molecule has 0 spiro atoms. The summed E-state index contributed by atoms with van der Waals surface area (Å²) < 4.78 is 3.14. The van der Waals surface area contributed by atoms with Gasteiger partial charge in [0, 0.05) is 29.4 Å². The lowest BCUT2D eigenvalue weighted by Crippen LogP contribution is -2.12. The number of nitrogens with one attached hydrogen (secondary N) is 1. The van der Waals surface area contributed by atoms with Crippen LogP contribution in [-0.2, 0) is 0 Å². The van der Waals surface area contributed by atoms with Crippen LogP contribution >= 0.6 is 22.9 Å². The lowest BCUT2D eigenvalue weighted by Gasteiger charge is -2.08. The molecule has 0 fully saturated rings. The first-order valence-electron chi connectivity index (χ1n) is 3.18. The van der Waals surface area contributed by atoms with Crippen molar-refractivity contribution in [1.82, 2.24) is 3.53 Å². The molecule has 0 aromatic carbocycles. The Labute approximate surface area is 65.7 Å². The van der Waals surface area contributed by atoms with Gasteiger partial charge in [0.1, 0.15) is 0 Å². The molecule has 0 aliphatic heterocycles. The zero-order valence-corrected chi connectivity index (χ0v) is 7.73. The molecule has 0 rings (SSSR count). The quantitative estimate of drug-likeness (QED) is 0.574. The molecule has 0 aliphatic rings. The molecule has 1 nitrogen and oxygen atoms in total. The third-order valence-electron chi connectivity index (χ3n) is 1.52. The van der Waals surface area contributed by atoms with Gasteiger partial charge in [0.15, 0.2) is 0 Å². The summed E-state index contributed by atoms with van der Waals surface area (Å²) in [6, 6.07) is 0. The van der Waals surface area contributed by atoms with Crippen molar-refractivity contribution in [2.24, 2.45) is 5.92 Å². The molecular weight excluding hydrogens is 213 g/mol. The first kappa shape index (κ1) is 8.69. The predicted molar refractivity (Wildman–Crippen MR) is 46.1 cm³/mol. The molecule has 0 amide bonds. The van der Waals surface area contributed by atoms with Crippen LogP contribution < -0.4 is 3.53 Å². The van der Waals surface area contributed by atoms with Crippen LogP contribution in [0, 0.1) is 5.92 Å². The minimum absolute atomic E-state index is 0.881. The van der Waals surface area contributed by atoms with Gasteiger partial charge < -0.3 is 0 Å². The average molecular weight is 227 g/mol. The third kappa shape index (κ3) is 3.66. The van der Waals surface area contributed by atoms with Crippen molar-refractivity contribution >= 4 is 22.9 Å². The molecular formula is C6H14IN. The molecule has 50 valence electrons. The van der Waals surface area contributed by atoms with Crippen LogP contribution in [-0.4, -0.2) is 6.54 Å². The highest BCUT2D eigenvalue weighted by atomic mass is 127. The smallest absolute Gasteiger partial charge is 0.0169 e. The van der Waals surface area contributed by atoms with Crippen molar-refractivity contribution in [1.29, 1.82) is 0 Å². The molecule has 0 aromatic rings. The Morgan fingerprint density at radius 3 is 2.00 bits per heavy atom. The second kappa shape index (κ2) is 5.82. The van der Waals surface area contributed by atoms with E-state index in [0.717, 1.165) is 12.5 Å². The van der Waals surface area contributed by atoms with Crippen molar-refractivity contribution in [2.75, 3.05) is 6.54 Å². The van der Waals surface area contributed by atoms with E-state index in [-0.39, 0.29) is 0 Å². The summed E-state index contributed by atoms with van der Waals surface area (Å²) in [7, 11) is 0. The summed E-state index contributed by atoms with van der Waals surface area (Å²) >= 11 is 2.20. The monoisotopic (exact) mass is 227 g/mol. The van der Waals surface area contributed by atoms with Crippen LogP contribution in [0.15, 0.2) is 0 Å². The Hall–Kier alpha value is 0.690. The summed E-state index contributed by atoms with van der Waals surface area (Å²) in [4.78, 5) is 0. The maximum atomic E-state index is 3.14. The number of halogens is 1. The summed E-state index contributed by atoms with van der Waals surface area (Å²) in [5, 5.41) is 0. The van der Waals surface area contributed by atoms with E-state index in [4.69, 9.17) is 0 Å². The maximum Gasteiger partial charge on any atom is 0.0169 e. The normalized spacial score (nSPS) is 10.5. The van der Waals surface area contributed by atoms with E-state index in [2.05, 4.69) is 40.2 Å². The highest BCUT2D eigenvalue weighted by Gasteiger charge is 1.99. The maximum absolute atomic E-state index is 3.14. The standard InChI is InChI=1S/C6H14IN/c1-3-6(4-2)5-8-7/h6,8H,3-5H2,1-2H3. The van der Waals surface area contributed by atoms with Crippen molar-refractivity contribution in [3.63, 3.8) is 0 Å². The average Bonchev–Trinajstić information content (AvgIpc) is 1.83.